The van der Waals surface area contributed by atoms with Gasteiger partial charge in [-0.2, -0.15) is 0 Å². The van der Waals surface area contributed by atoms with Crippen LogP contribution < -0.4 is 20.7 Å². The number of ether oxygens (including phenoxy) is 1. The highest BCUT2D eigenvalue weighted by molar-refractivity contribution is 5.98. The summed E-state index contributed by atoms with van der Waals surface area (Å²) in [6, 6.07) is 5.94. The van der Waals surface area contributed by atoms with Crippen molar-refractivity contribution >= 4 is 17.3 Å². The molecular formula is C14H21N3O2. The Morgan fingerprint density at radius 2 is 2.32 bits per heavy atom. The number of hydrogen-bond acceptors (Lipinski definition) is 4. The summed E-state index contributed by atoms with van der Waals surface area (Å²) in [5.41, 5.74) is 7.55. The summed E-state index contributed by atoms with van der Waals surface area (Å²) in [4.78, 5) is 13.8. The fourth-order valence-corrected chi connectivity index (χ4v) is 2.17. The molecule has 1 unspecified atom stereocenters. The fraction of sp³-hybridized carbons (Fsp3) is 0.500. The van der Waals surface area contributed by atoms with Gasteiger partial charge in [0.1, 0.15) is 5.75 Å². The van der Waals surface area contributed by atoms with Crippen LogP contribution in [0.2, 0.25) is 0 Å². The van der Waals surface area contributed by atoms with Gasteiger partial charge in [-0.1, -0.05) is 0 Å². The van der Waals surface area contributed by atoms with Crippen LogP contribution in [0.15, 0.2) is 18.2 Å². The lowest BCUT2D eigenvalue weighted by atomic mass is 10.1. The second-order valence-corrected chi connectivity index (χ2v) is 4.89. The lowest BCUT2D eigenvalue weighted by Gasteiger charge is -2.30. The van der Waals surface area contributed by atoms with Gasteiger partial charge in [-0.3, -0.25) is 4.79 Å². The van der Waals surface area contributed by atoms with E-state index in [9.17, 15) is 4.79 Å². The highest BCUT2D eigenvalue weighted by Gasteiger charge is 2.25. The van der Waals surface area contributed by atoms with Crippen LogP contribution in [0.25, 0.3) is 0 Å². The molecule has 2 rings (SSSR count). The molecule has 0 saturated carbocycles. The first kappa shape index (κ1) is 13.7. The first-order valence-electron chi connectivity index (χ1n) is 6.62. The Balaban J connectivity index is 2.16. The highest BCUT2D eigenvalue weighted by atomic mass is 16.5. The lowest BCUT2D eigenvalue weighted by Crippen LogP contribution is -2.39. The number of carbonyl (C=O) groups excluding carboxylic acids is 1. The summed E-state index contributed by atoms with van der Waals surface area (Å²) in [5, 5.41) is 3.07. The number of nitrogens with zero attached hydrogens (tertiary/aromatic N) is 1. The number of nitrogens with one attached hydrogen (secondary N) is 1. The van der Waals surface area contributed by atoms with Gasteiger partial charge in [-0.25, -0.2) is 0 Å². The van der Waals surface area contributed by atoms with E-state index in [4.69, 9.17) is 10.5 Å². The van der Waals surface area contributed by atoms with Gasteiger partial charge in [0, 0.05) is 25.3 Å². The summed E-state index contributed by atoms with van der Waals surface area (Å²) in [6.45, 7) is 2.78. The molecule has 1 atom stereocenters. The number of fused-ring (bicyclic) bond motifs is 1. The van der Waals surface area contributed by atoms with Crippen LogP contribution in [0.5, 0.6) is 5.75 Å². The topological polar surface area (TPSA) is 67.6 Å². The van der Waals surface area contributed by atoms with E-state index >= 15 is 0 Å². The maximum atomic E-state index is 12.0. The molecule has 1 amide bonds. The van der Waals surface area contributed by atoms with Crippen LogP contribution in [0.3, 0.4) is 0 Å². The van der Waals surface area contributed by atoms with Gasteiger partial charge in [0.2, 0.25) is 0 Å². The third-order valence-corrected chi connectivity index (χ3v) is 3.23. The molecule has 0 aliphatic carbocycles. The number of benzene rings is 1. The Hall–Kier alpha value is -1.75. The van der Waals surface area contributed by atoms with Crippen LogP contribution in [0.1, 0.15) is 19.8 Å². The average molecular weight is 263 g/mol. The minimum Gasteiger partial charge on any atom is -0.482 e. The van der Waals surface area contributed by atoms with Gasteiger partial charge < -0.3 is 20.7 Å². The summed E-state index contributed by atoms with van der Waals surface area (Å²) in [6.07, 6.45) is 1.80. The molecule has 0 aromatic heterocycles. The minimum atomic E-state index is 0.00503. The molecule has 1 aliphatic heterocycles. The number of amides is 1. The summed E-state index contributed by atoms with van der Waals surface area (Å²) >= 11 is 0. The number of hydrogen-bond donors (Lipinski definition) is 2. The van der Waals surface area contributed by atoms with Gasteiger partial charge in [-0.15, -0.1) is 0 Å². The van der Waals surface area contributed by atoms with Crippen molar-refractivity contribution in [2.45, 2.75) is 25.8 Å². The first-order valence-corrected chi connectivity index (χ1v) is 6.62. The first-order chi connectivity index (χ1) is 9.11. The van der Waals surface area contributed by atoms with Crippen molar-refractivity contribution in [3.8, 4) is 5.75 Å². The van der Waals surface area contributed by atoms with Crippen molar-refractivity contribution in [2.24, 2.45) is 5.73 Å². The van der Waals surface area contributed by atoms with Crippen molar-refractivity contribution < 1.29 is 9.53 Å². The van der Waals surface area contributed by atoms with E-state index < -0.39 is 0 Å². The number of nitrogens with two attached hydrogens (primary N) is 1. The third-order valence-electron chi connectivity index (χ3n) is 3.23. The molecular weight excluding hydrogens is 242 g/mol. The molecule has 5 heteroatoms. The van der Waals surface area contributed by atoms with Crippen LogP contribution in [-0.4, -0.2) is 32.1 Å². The van der Waals surface area contributed by atoms with E-state index in [0.29, 0.717) is 6.54 Å². The standard InChI is InChI=1S/C14H21N3O2/c1-10(15)4-3-7-17-12-8-11(16-2)5-6-13(12)19-9-14(17)18/h5-6,8,10,16H,3-4,7,9,15H2,1-2H3. The van der Waals surface area contributed by atoms with Gasteiger partial charge in [0.05, 0.1) is 5.69 Å². The number of carbonyl (C=O) groups is 1. The van der Waals surface area contributed by atoms with Gasteiger partial charge in [-0.05, 0) is 38.0 Å². The summed E-state index contributed by atoms with van der Waals surface area (Å²) < 4.78 is 5.45. The molecule has 1 aliphatic rings. The Morgan fingerprint density at radius 1 is 1.53 bits per heavy atom. The molecule has 3 N–H and O–H groups in total. The normalized spacial score (nSPS) is 15.7. The molecule has 104 valence electrons. The minimum absolute atomic E-state index is 0.00503. The molecule has 0 fully saturated rings. The molecule has 1 aromatic carbocycles. The second-order valence-electron chi connectivity index (χ2n) is 4.89. The van der Waals surface area contributed by atoms with E-state index in [1.54, 1.807) is 4.90 Å². The maximum absolute atomic E-state index is 12.0. The monoisotopic (exact) mass is 263 g/mol. The largest absolute Gasteiger partial charge is 0.482 e. The Kier molecular flexibility index (Phi) is 4.27. The second kappa shape index (κ2) is 5.93. The van der Waals surface area contributed by atoms with E-state index in [-0.39, 0.29) is 18.6 Å². The van der Waals surface area contributed by atoms with Gasteiger partial charge >= 0.3 is 0 Å². The van der Waals surface area contributed by atoms with E-state index in [0.717, 1.165) is 30.0 Å². The molecule has 1 heterocycles. The van der Waals surface area contributed by atoms with Crippen molar-refractivity contribution in [1.29, 1.82) is 0 Å². The molecule has 0 saturated heterocycles. The Bertz CT molecular complexity index is 460. The molecule has 19 heavy (non-hydrogen) atoms. The van der Waals surface area contributed by atoms with Gasteiger partial charge in [0.25, 0.3) is 5.91 Å². The van der Waals surface area contributed by atoms with Crippen LogP contribution in [0.4, 0.5) is 11.4 Å². The van der Waals surface area contributed by atoms with Crippen LogP contribution >= 0.6 is 0 Å². The molecule has 0 radical (unpaired) electrons. The predicted molar refractivity (Wildman–Crippen MR) is 76.7 cm³/mol. The Labute approximate surface area is 113 Å². The van der Waals surface area contributed by atoms with Crippen LogP contribution in [-0.2, 0) is 4.79 Å². The number of rotatable bonds is 5. The summed E-state index contributed by atoms with van der Waals surface area (Å²) in [7, 11) is 1.85. The average Bonchev–Trinajstić information content (AvgIpc) is 2.40. The predicted octanol–water partition coefficient (Wildman–Crippen LogP) is 1.58. The quantitative estimate of drug-likeness (QED) is 0.846. The van der Waals surface area contributed by atoms with Crippen molar-refractivity contribution in [2.75, 3.05) is 30.4 Å². The molecule has 0 spiro atoms. The van der Waals surface area contributed by atoms with Crippen molar-refractivity contribution in [1.82, 2.24) is 0 Å². The molecule has 0 bridgehead atoms. The van der Waals surface area contributed by atoms with Gasteiger partial charge in [0.15, 0.2) is 6.61 Å². The lowest BCUT2D eigenvalue weighted by molar-refractivity contribution is -0.121. The van der Waals surface area contributed by atoms with E-state index in [1.165, 1.54) is 0 Å². The molecule has 5 nitrogen and oxygen atoms in total. The van der Waals surface area contributed by atoms with E-state index in [2.05, 4.69) is 5.32 Å². The van der Waals surface area contributed by atoms with E-state index in [1.807, 2.05) is 32.2 Å². The van der Waals surface area contributed by atoms with Crippen LogP contribution in [0, 0.1) is 0 Å². The zero-order chi connectivity index (χ0) is 13.8. The smallest absolute Gasteiger partial charge is 0.265 e. The van der Waals surface area contributed by atoms with Crippen molar-refractivity contribution in [3.63, 3.8) is 0 Å². The zero-order valence-corrected chi connectivity index (χ0v) is 11.5. The maximum Gasteiger partial charge on any atom is 0.265 e. The SMILES string of the molecule is CNc1ccc2c(c1)N(CCCC(C)N)C(=O)CO2. The summed E-state index contributed by atoms with van der Waals surface area (Å²) in [5.74, 6) is 0.768. The third kappa shape index (κ3) is 3.17. The molecule has 1 aromatic rings. The number of anilines is 2. The highest BCUT2D eigenvalue weighted by Crippen LogP contribution is 2.34. The zero-order valence-electron chi connectivity index (χ0n) is 11.5. The Morgan fingerprint density at radius 3 is 3.00 bits per heavy atom. The van der Waals surface area contributed by atoms with Crippen molar-refractivity contribution in [3.05, 3.63) is 18.2 Å². The fourth-order valence-electron chi connectivity index (χ4n) is 2.17.